The van der Waals surface area contributed by atoms with Gasteiger partial charge in [0, 0.05) is 12.7 Å². The van der Waals surface area contributed by atoms with E-state index in [0.29, 0.717) is 5.69 Å². The molecule has 18 heavy (non-hydrogen) atoms. The van der Waals surface area contributed by atoms with Gasteiger partial charge in [-0.2, -0.15) is 0 Å². The van der Waals surface area contributed by atoms with Crippen LogP contribution in [0.2, 0.25) is 0 Å². The molecule has 100 valence electrons. The first-order valence-electron chi connectivity index (χ1n) is 5.42. The molecule has 0 bridgehead atoms. The van der Waals surface area contributed by atoms with Crippen molar-refractivity contribution in [2.45, 2.75) is 17.9 Å². The molecule has 1 aromatic rings. The Labute approximate surface area is 107 Å². The van der Waals surface area contributed by atoms with E-state index >= 15 is 0 Å². The fourth-order valence-electron chi connectivity index (χ4n) is 1.38. The molecule has 1 rings (SSSR count). The molecular formula is C11H17N3O3S. The topological polar surface area (TPSA) is 87.3 Å². The summed E-state index contributed by atoms with van der Waals surface area (Å²) in [7, 11) is -0.507. The Morgan fingerprint density at radius 3 is 2.17 bits per heavy atom. The maximum Gasteiger partial charge on any atom is 0.241 e. The van der Waals surface area contributed by atoms with Crippen molar-refractivity contribution in [3.63, 3.8) is 0 Å². The van der Waals surface area contributed by atoms with Gasteiger partial charge in [-0.25, -0.2) is 13.1 Å². The Morgan fingerprint density at radius 2 is 1.72 bits per heavy atom. The van der Waals surface area contributed by atoms with Gasteiger partial charge in [0.25, 0.3) is 0 Å². The number of hydrogen-bond donors (Lipinski definition) is 3. The van der Waals surface area contributed by atoms with Crippen LogP contribution in [-0.4, -0.2) is 34.5 Å². The van der Waals surface area contributed by atoms with Gasteiger partial charge in [-0.1, -0.05) is 0 Å². The second kappa shape index (κ2) is 5.83. The number of rotatable bonds is 5. The lowest BCUT2D eigenvalue weighted by Gasteiger charge is -2.13. The summed E-state index contributed by atoms with van der Waals surface area (Å²) in [6.45, 7) is 1.72. The summed E-state index contributed by atoms with van der Waals surface area (Å²) in [4.78, 5) is 11.5. The van der Waals surface area contributed by atoms with Crippen molar-refractivity contribution in [1.82, 2.24) is 10.0 Å². The Balaban J connectivity index is 2.81. The molecule has 0 aliphatic rings. The van der Waals surface area contributed by atoms with E-state index in [4.69, 9.17) is 0 Å². The second-order valence-corrected chi connectivity index (χ2v) is 5.60. The Morgan fingerprint density at radius 1 is 1.17 bits per heavy atom. The van der Waals surface area contributed by atoms with Crippen LogP contribution in [0.25, 0.3) is 0 Å². The number of amides is 1. The lowest BCUT2D eigenvalue weighted by molar-refractivity contribution is -0.121. The zero-order valence-electron chi connectivity index (χ0n) is 10.5. The van der Waals surface area contributed by atoms with Gasteiger partial charge in [-0.3, -0.25) is 4.79 Å². The fraction of sp³-hybridized carbons (Fsp3) is 0.364. The maximum atomic E-state index is 11.5. The molecule has 0 aromatic heterocycles. The number of hydrogen-bond acceptors (Lipinski definition) is 4. The van der Waals surface area contributed by atoms with Crippen LogP contribution in [0.3, 0.4) is 0 Å². The molecule has 0 aliphatic heterocycles. The van der Waals surface area contributed by atoms with E-state index in [1.54, 1.807) is 26.1 Å². The molecule has 0 heterocycles. The van der Waals surface area contributed by atoms with Crippen LogP contribution in [0.4, 0.5) is 5.69 Å². The van der Waals surface area contributed by atoms with E-state index in [-0.39, 0.29) is 16.8 Å². The van der Waals surface area contributed by atoms with Crippen LogP contribution in [0.5, 0.6) is 0 Å². The van der Waals surface area contributed by atoms with Crippen molar-refractivity contribution < 1.29 is 13.2 Å². The first-order valence-corrected chi connectivity index (χ1v) is 6.90. The lowest BCUT2D eigenvalue weighted by atomic mass is 10.2. The number of anilines is 1. The monoisotopic (exact) mass is 271 g/mol. The second-order valence-electron chi connectivity index (χ2n) is 3.71. The van der Waals surface area contributed by atoms with E-state index in [1.807, 2.05) is 0 Å². The molecule has 1 unspecified atom stereocenters. The SMILES string of the molecule is CNC(=O)C(C)Nc1ccc(S(=O)(=O)NC)cc1. The van der Waals surface area contributed by atoms with Crippen molar-refractivity contribution in [2.75, 3.05) is 19.4 Å². The molecule has 7 heteroatoms. The van der Waals surface area contributed by atoms with E-state index in [1.165, 1.54) is 19.2 Å². The molecule has 0 saturated heterocycles. The molecule has 0 saturated carbocycles. The highest BCUT2D eigenvalue weighted by Crippen LogP contribution is 2.14. The summed E-state index contributed by atoms with van der Waals surface area (Å²) in [6.07, 6.45) is 0. The molecule has 0 aliphatic carbocycles. The molecular weight excluding hydrogens is 254 g/mol. The average Bonchev–Trinajstić information content (AvgIpc) is 2.38. The summed E-state index contributed by atoms with van der Waals surface area (Å²) in [5, 5.41) is 5.48. The highest BCUT2D eigenvalue weighted by atomic mass is 32.2. The standard InChI is InChI=1S/C11H17N3O3S/c1-8(11(15)12-2)14-9-4-6-10(7-5-9)18(16,17)13-3/h4-8,13-14H,1-3H3,(H,12,15). The zero-order valence-corrected chi connectivity index (χ0v) is 11.3. The van der Waals surface area contributed by atoms with Crippen molar-refractivity contribution in [2.24, 2.45) is 0 Å². The Hall–Kier alpha value is -1.60. The van der Waals surface area contributed by atoms with Crippen molar-refractivity contribution in [3.05, 3.63) is 24.3 Å². The molecule has 0 spiro atoms. The minimum absolute atomic E-state index is 0.137. The first-order chi connectivity index (χ1) is 8.40. The molecule has 1 aromatic carbocycles. The van der Waals surface area contributed by atoms with Crippen LogP contribution >= 0.6 is 0 Å². The number of carbonyl (C=O) groups is 1. The summed E-state index contributed by atoms with van der Waals surface area (Å²) in [5.41, 5.74) is 0.682. The Kier molecular flexibility index (Phi) is 4.69. The third-order valence-electron chi connectivity index (χ3n) is 2.46. The van der Waals surface area contributed by atoms with Crippen LogP contribution in [0.15, 0.2) is 29.2 Å². The maximum absolute atomic E-state index is 11.5. The van der Waals surface area contributed by atoms with Crippen LogP contribution in [0.1, 0.15) is 6.92 Å². The van der Waals surface area contributed by atoms with Crippen molar-refractivity contribution in [3.8, 4) is 0 Å². The third-order valence-corrected chi connectivity index (χ3v) is 3.89. The van der Waals surface area contributed by atoms with Crippen molar-refractivity contribution >= 4 is 21.6 Å². The van der Waals surface area contributed by atoms with E-state index in [9.17, 15) is 13.2 Å². The van der Waals surface area contributed by atoms with Gasteiger partial charge in [0.2, 0.25) is 15.9 Å². The minimum atomic E-state index is -3.42. The van der Waals surface area contributed by atoms with Crippen molar-refractivity contribution in [1.29, 1.82) is 0 Å². The molecule has 1 amide bonds. The highest BCUT2D eigenvalue weighted by Gasteiger charge is 2.12. The van der Waals surface area contributed by atoms with Gasteiger partial charge >= 0.3 is 0 Å². The van der Waals surface area contributed by atoms with Gasteiger partial charge < -0.3 is 10.6 Å². The van der Waals surface area contributed by atoms with Gasteiger partial charge in [-0.05, 0) is 38.2 Å². The van der Waals surface area contributed by atoms with E-state index < -0.39 is 10.0 Å². The summed E-state index contributed by atoms with van der Waals surface area (Å²) < 4.78 is 25.2. The molecule has 0 fully saturated rings. The van der Waals surface area contributed by atoms with E-state index in [2.05, 4.69) is 15.4 Å². The van der Waals surface area contributed by atoms with Gasteiger partial charge in [0.05, 0.1) is 4.90 Å². The zero-order chi connectivity index (χ0) is 13.8. The summed E-state index contributed by atoms with van der Waals surface area (Å²) in [6, 6.07) is 5.80. The number of nitrogens with one attached hydrogen (secondary N) is 3. The molecule has 6 nitrogen and oxygen atoms in total. The van der Waals surface area contributed by atoms with Gasteiger partial charge in [0.1, 0.15) is 6.04 Å². The van der Waals surface area contributed by atoms with Gasteiger partial charge in [0.15, 0.2) is 0 Å². The predicted octanol–water partition coefficient (Wildman–Crippen LogP) is 0.141. The van der Waals surface area contributed by atoms with Crippen LogP contribution in [-0.2, 0) is 14.8 Å². The summed E-state index contributed by atoms with van der Waals surface area (Å²) in [5.74, 6) is -0.137. The quantitative estimate of drug-likeness (QED) is 0.711. The highest BCUT2D eigenvalue weighted by molar-refractivity contribution is 7.89. The average molecular weight is 271 g/mol. The minimum Gasteiger partial charge on any atom is -0.374 e. The number of sulfonamides is 1. The molecule has 0 radical (unpaired) electrons. The molecule has 1 atom stereocenters. The normalized spacial score (nSPS) is 12.8. The lowest BCUT2D eigenvalue weighted by Crippen LogP contribution is -2.35. The summed E-state index contributed by atoms with van der Waals surface area (Å²) >= 11 is 0. The van der Waals surface area contributed by atoms with Crippen LogP contribution in [0, 0.1) is 0 Å². The number of benzene rings is 1. The third kappa shape index (κ3) is 3.44. The largest absolute Gasteiger partial charge is 0.374 e. The Bertz CT molecular complexity index is 511. The number of carbonyl (C=O) groups excluding carboxylic acids is 1. The first kappa shape index (κ1) is 14.5. The smallest absolute Gasteiger partial charge is 0.241 e. The molecule has 3 N–H and O–H groups in total. The number of likely N-dealkylation sites (N-methyl/N-ethyl adjacent to an activating group) is 1. The fourth-order valence-corrected chi connectivity index (χ4v) is 2.11. The van der Waals surface area contributed by atoms with Crippen LogP contribution < -0.4 is 15.4 Å². The predicted molar refractivity (Wildman–Crippen MR) is 69.8 cm³/mol. The van der Waals surface area contributed by atoms with E-state index in [0.717, 1.165) is 0 Å². The van der Waals surface area contributed by atoms with Gasteiger partial charge in [-0.15, -0.1) is 0 Å².